The van der Waals surface area contributed by atoms with E-state index in [0.29, 0.717) is 18.0 Å². The molecular weight excluding hydrogens is 256 g/mol. The maximum Gasteiger partial charge on any atom is 0.0372 e. The van der Waals surface area contributed by atoms with Crippen LogP contribution in [0.3, 0.4) is 0 Å². The second kappa shape index (κ2) is 8.31. The van der Waals surface area contributed by atoms with Crippen molar-refractivity contribution in [3.05, 3.63) is 24.3 Å². The second-order valence-electron chi connectivity index (χ2n) is 7.30. The first-order valence-corrected chi connectivity index (χ1v) is 8.45. The van der Waals surface area contributed by atoms with Crippen LogP contribution in [0.4, 0.5) is 11.4 Å². The van der Waals surface area contributed by atoms with Gasteiger partial charge < -0.3 is 10.6 Å². The van der Waals surface area contributed by atoms with Crippen molar-refractivity contribution in [2.45, 2.75) is 72.9 Å². The summed E-state index contributed by atoms with van der Waals surface area (Å²) in [6.07, 6.45) is 3.74. The summed E-state index contributed by atoms with van der Waals surface area (Å²) in [5.74, 6) is 1.48. The Morgan fingerprint density at radius 2 is 1.38 bits per heavy atom. The lowest BCUT2D eigenvalue weighted by atomic mass is 9.98. The summed E-state index contributed by atoms with van der Waals surface area (Å²) in [5, 5.41) is 0. The van der Waals surface area contributed by atoms with E-state index >= 15 is 0 Å². The van der Waals surface area contributed by atoms with E-state index < -0.39 is 0 Å². The average molecular weight is 290 g/mol. The van der Waals surface area contributed by atoms with Crippen molar-refractivity contribution in [2.24, 2.45) is 11.8 Å². The van der Waals surface area contributed by atoms with Crippen molar-refractivity contribution in [1.29, 1.82) is 0 Å². The Morgan fingerprint density at radius 3 is 1.86 bits per heavy atom. The average Bonchev–Trinajstić information content (AvgIpc) is 2.38. The lowest BCUT2D eigenvalue weighted by Crippen LogP contribution is -2.41. The number of hydrogen-bond donors (Lipinski definition) is 1. The van der Waals surface area contributed by atoms with Gasteiger partial charge in [-0.2, -0.15) is 0 Å². The Hall–Kier alpha value is -1.18. The number of nitrogen functional groups attached to an aromatic ring is 1. The minimum Gasteiger partial charge on any atom is -0.399 e. The van der Waals surface area contributed by atoms with Crippen molar-refractivity contribution in [1.82, 2.24) is 0 Å². The molecule has 0 heterocycles. The number of benzene rings is 1. The molecule has 1 rings (SSSR count). The minimum atomic E-state index is 0.552. The summed E-state index contributed by atoms with van der Waals surface area (Å²) in [7, 11) is 0. The van der Waals surface area contributed by atoms with Gasteiger partial charge in [-0.05, 0) is 69.2 Å². The summed E-state index contributed by atoms with van der Waals surface area (Å²) in [5.41, 5.74) is 7.98. The number of anilines is 2. The van der Waals surface area contributed by atoms with Crippen molar-refractivity contribution < 1.29 is 0 Å². The van der Waals surface area contributed by atoms with E-state index in [1.807, 2.05) is 12.1 Å². The largest absolute Gasteiger partial charge is 0.399 e. The highest BCUT2D eigenvalue weighted by Gasteiger charge is 2.21. The topological polar surface area (TPSA) is 29.3 Å². The lowest BCUT2D eigenvalue weighted by molar-refractivity contribution is 0.424. The highest BCUT2D eigenvalue weighted by Crippen LogP contribution is 2.26. The van der Waals surface area contributed by atoms with Gasteiger partial charge in [-0.3, -0.25) is 0 Å². The molecule has 1 aromatic rings. The molecule has 0 radical (unpaired) electrons. The molecule has 0 aromatic heterocycles. The van der Waals surface area contributed by atoms with Crippen LogP contribution in [-0.2, 0) is 0 Å². The summed E-state index contributed by atoms with van der Waals surface area (Å²) in [6, 6.07) is 9.47. The van der Waals surface area contributed by atoms with Crippen molar-refractivity contribution in [2.75, 3.05) is 10.6 Å². The third-order valence-corrected chi connectivity index (χ3v) is 4.12. The third-order valence-electron chi connectivity index (χ3n) is 4.12. The predicted octanol–water partition coefficient (Wildman–Crippen LogP) is 5.33. The van der Waals surface area contributed by atoms with Gasteiger partial charge in [0.2, 0.25) is 0 Å². The molecule has 0 amide bonds. The molecule has 0 saturated carbocycles. The number of nitrogens with two attached hydrogens (primary N) is 1. The van der Waals surface area contributed by atoms with Gasteiger partial charge >= 0.3 is 0 Å². The molecule has 2 nitrogen and oxygen atoms in total. The fourth-order valence-electron chi connectivity index (χ4n) is 3.10. The Morgan fingerprint density at radius 1 is 0.810 bits per heavy atom. The van der Waals surface area contributed by atoms with E-state index in [4.69, 9.17) is 5.73 Å². The van der Waals surface area contributed by atoms with E-state index in [9.17, 15) is 0 Å². The maximum absolute atomic E-state index is 5.84. The standard InChI is InChI=1S/C19H34N2/c1-14(2)7-8-16(5)21(17(6)13-15(3)4)19-11-9-18(20)10-12-19/h9-12,14-17H,7-8,13,20H2,1-6H3. The quantitative estimate of drug-likeness (QED) is 0.655. The van der Waals surface area contributed by atoms with E-state index in [2.05, 4.69) is 58.6 Å². The van der Waals surface area contributed by atoms with E-state index in [-0.39, 0.29) is 0 Å². The molecule has 2 atom stereocenters. The SMILES string of the molecule is CC(C)CCC(C)N(c1ccc(N)cc1)C(C)CC(C)C. The zero-order valence-corrected chi connectivity index (χ0v) is 14.8. The normalized spacial score (nSPS) is 14.5. The van der Waals surface area contributed by atoms with Crippen LogP contribution in [0.2, 0.25) is 0 Å². The number of nitrogens with zero attached hydrogens (tertiary/aromatic N) is 1. The zero-order chi connectivity index (χ0) is 16.0. The molecule has 0 saturated heterocycles. The highest BCUT2D eigenvalue weighted by atomic mass is 15.2. The van der Waals surface area contributed by atoms with Gasteiger partial charge in [0.05, 0.1) is 0 Å². The Labute approximate surface area is 131 Å². The zero-order valence-electron chi connectivity index (χ0n) is 14.8. The Kier molecular flexibility index (Phi) is 7.07. The molecule has 21 heavy (non-hydrogen) atoms. The van der Waals surface area contributed by atoms with Crippen LogP contribution >= 0.6 is 0 Å². The Bertz CT molecular complexity index is 395. The highest BCUT2D eigenvalue weighted by molar-refractivity contribution is 5.54. The van der Waals surface area contributed by atoms with Crippen LogP contribution in [0, 0.1) is 11.8 Å². The van der Waals surface area contributed by atoms with Crippen LogP contribution in [-0.4, -0.2) is 12.1 Å². The molecule has 0 spiro atoms. The molecule has 0 fully saturated rings. The van der Waals surface area contributed by atoms with Crippen LogP contribution in [0.5, 0.6) is 0 Å². The molecule has 0 aliphatic carbocycles. The third kappa shape index (κ3) is 5.99. The van der Waals surface area contributed by atoms with Gasteiger partial charge in [-0.25, -0.2) is 0 Å². The fraction of sp³-hybridized carbons (Fsp3) is 0.684. The molecule has 120 valence electrons. The van der Waals surface area contributed by atoms with E-state index in [1.54, 1.807) is 0 Å². The molecule has 2 heteroatoms. The van der Waals surface area contributed by atoms with Gasteiger partial charge in [0.1, 0.15) is 0 Å². The van der Waals surface area contributed by atoms with Crippen LogP contribution in [0.15, 0.2) is 24.3 Å². The van der Waals surface area contributed by atoms with Gasteiger partial charge in [-0.1, -0.05) is 27.7 Å². The first-order valence-electron chi connectivity index (χ1n) is 8.45. The minimum absolute atomic E-state index is 0.552. The summed E-state index contributed by atoms with van der Waals surface area (Å²) in [6.45, 7) is 13.9. The van der Waals surface area contributed by atoms with Crippen molar-refractivity contribution >= 4 is 11.4 Å². The first kappa shape index (κ1) is 17.9. The summed E-state index contributed by atoms with van der Waals surface area (Å²) >= 11 is 0. The molecular formula is C19H34N2. The van der Waals surface area contributed by atoms with Crippen molar-refractivity contribution in [3.8, 4) is 0 Å². The fourth-order valence-corrected chi connectivity index (χ4v) is 3.10. The van der Waals surface area contributed by atoms with Crippen LogP contribution in [0.1, 0.15) is 60.8 Å². The van der Waals surface area contributed by atoms with Crippen LogP contribution in [0.25, 0.3) is 0 Å². The van der Waals surface area contributed by atoms with Gasteiger partial charge in [-0.15, -0.1) is 0 Å². The lowest BCUT2D eigenvalue weighted by Gasteiger charge is -2.38. The number of rotatable bonds is 8. The van der Waals surface area contributed by atoms with Gasteiger partial charge in [0.15, 0.2) is 0 Å². The van der Waals surface area contributed by atoms with Gasteiger partial charge in [0.25, 0.3) is 0 Å². The summed E-state index contributed by atoms with van der Waals surface area (Å²) in [4.78, 5) is 2.59. The summed E-state index contributed by atoms with van der Waals surface area (Å²) < 4.78 is 0. The van der Waals surface area contributed by atoms with E-state index in [0.717, 1.165) is 11.6 Å². The molecule has 0 bridgehead atoms. The molecule has 2 N–H and O–H groups in total. The Balaban J connectivity index is 2.90. The molecule has 0 aliphatic heterocycles. The number of hydrogen-bond acceptors (Lipinski definition) is 2. The van der Waals surface area contributed by atoms with Crippen LogP contribution < -0.4 is 10.6 Å². The maximum atomic E-state index is 5.84. The second-order valence-corrected chi connectivity index (χ2v) is 7.30. The monoisotopic (exact) mass is 290 g/mol. The first-order chi connectivity index (χ1) is 9.81. The predicted molar refractivity (Wildman–Crippen MR) is 95.8 cm³/mol. The molecule has 0 aliphatic rings. The van der Waals surface area contributed by atoms with E-state index in [1.165, 1.54) is 24.9 Å². The van der Waals surface area contributed by atoms with Crippen molar-refractivity contribution in [3.63, 3.8) is 0 Å². The smallest absolute Gasteiger partial charge is 0.0372 e. The molecule has 2 unspecified atom stereocenters. The molecule has 1 aromatic carbocycles. The van der Waals surface area contributed by atoms with Gasteiger partial charge in [0, 0.05) is 23.5 Å².